The second-order valence-corrected chi connectivity index (χ2v) is 8.44. The van der Waals surface area contributed by atoms with Crippen molar-refractivity contribution in [2.45, 2.75) is 23.8 Å². The number of rotatable bonds is 3. The van der Waals surface area contributed by atoms with Crippen molar-refractivity contribution < 1.29 is 8.42 Å². The van der Waals surface area contributed by atoms with Crippen LogP contribution in [0, 0.1) is 5.92 Å². The lowest BCUT2D eigenvalue weighted by atomic mass is 9.94. The average molecular weight is 324 g/mol. The maximum Gasteiger partial charge on any atom is 0.244 e. The van der Waals surface area contributed by atoms with Gasteiger partial charge >= 0.3 is 0 Å². The molecule has 1 aromatic rings. The fourth-order valence-corrected chi connectivity index (χ4v) is 5.23. The minimum atomic E-state index is -3.46. The number of likely N-dealkylation sites (N-methyl/N-ethyl adjacent to an activating group) is 1. The van der Waals surface area contributed by atoms with Gasteiger partial charge in [0, 0.05) is 46.0 Å². The molecule has 0 aromatic carbocycles. The quantitative estimate of drug-likeness (QED) is 0.825. The number of fused-ring (bicyclic) bond motifs is 1. The third kappa shape index (κ3) is 2.73. The number of aromatic nitrogens is 1. The van der Waals surface area contributed by atoms with Crippen molar-refractivity contribution in [1.82, 2.24) is 14.2 Å². The molecule has 22 heavy (non-hydrogen) atoms. The van der Waals surface area contributed by atoms with Crippen LogP contribution in [0.15, 0.2) is 23.2 Å². The standard InChI is InChI=1S/C15H24N4O2S/c1-17(2)15-7-6-13(9-16-15)22(20,21)19-8-4-5-12-10-18(3)11-14(12)19/h6-7,9,12,14H,4-5,8,10-11H2,1-3H3/t12-,14+/m0/s1. The zero-order valence-electron chi connectivity index (χ0n) is 13.4. The van der Waals surface area contributed by atoms with Crippen LogP contribution in [-0.2, 0) is 10.0 Å². The summed E-state index contributed by atoms with van der Waals surface area (Å²) >= 11 is 0. The summed E-state index contributed by atoms with van der Waals surface area (Å²) in [5.74, 6) is 1.22. The van der Waals surface area contributed by atoms with Crippen molar-refractivity contribution in [3.05, 3.63) is 18.3 Å². The molecule has 2 fully saturated rings. The highest BCUT2D eigenvalue weighted by Gasteiger charge is 2.43. The molecule has 2 aliphatic heterocycles. The topological polar surface area (TPSA) is 56.8 Å². The highest BCUT2D eigenvalue weighted by Crippen LogP contribution is 2.33. The summed E-state index contributed by atoms with van der Waals surface area (Å²) in [5, 5.41) is 0. The molecule has 0 N–H and O–H groups in total. The van der Waals surface area contributed by atoms with E-state index in [1.807, 2.05) is 19.0 Å². The molecule has 0 amide bonds. The van der Waals surface area contributed by atoms with Gasteiger partial charge in [0.15, 0.2) is 0 Å². The lowest BCUT2D eigenvalue weighted by Crippen LogP contribution is -2.48. The minimum absolute atomic E-state index is 0.109. The van der Waals surface area contributed by atoms with Crippen LogP contribution >= 0.6 is 0 Å². The molecule has 1 aromatic heterocycles. The van der Waals surface area contributed by atoms with Gasteiger partial charge in [0.25, 0.3) is 0 Å². The third-order valence-electron chi connectivity index (χ3n) is 4.70. The summed E-state index contributed by atoms with van der Waals surface area (Å²) < 4.78 is 27.6. The fourth-order valence-electron chi connectivity index (χ4n) is 3.57. The predicted octanol–water partition coefficient (Wildman–Crippen LogP) is 0.862. The Balaban J connectivity index is 1.88. The largest absolute Gasteiger partial charge is 0.363 e. The summed E-state index contributed by atoms with van der Waals surface area (Å²) in [7, 11) is 2.39. The van der Waals surface area contributed by atoms with Gasteiger partial charge in [0.05, 0.1) is 0 Å². The minimum Gasteiger partial charge on any atom is -0.363 e. The van der Waals surface area contributed by atoms with Gasteiger partial charge < -0.3 is 9.80 Å². The van der Waals surface area contributed by atoms with E-state index in [4.69, 9.17) is 0 Å². The maximum atomic E-state index is 13.0. The second-order valence-electron chi connectivity index (χ2n) is 6.55. The normalized spacial score (nSPS) is 26.9. The van der Waals surface area contributed by atoms with E-state index in [0.29, 0.717) is 17.4 Å². The molecule has 0 saturated carbocycles. The van der Waals surface area contributed by atoms with Crippen LogP contribution in [-0.4, -0.2) is 69.4 Å². The van der Waals surface area contributed by atoms with Crippen LogP contribution < -0.4 is 4.90 Å². The summed E-state index contributed by atoms with van der Waals surface area (Å²) in [5.41, 5.74) is 0. The molecular weight excluding hydrogens is 300 g/mol. The molecule has 0 aliphatic carbocycles. The van der Waals surface area contributed by atoms with Crippen LogP contribution in [0.25, 0.3) is 0 Å². The van der Waals surface area contributed by atoms with Gasteiger partial charge in [0.2, 0.25) is 10.0 Å². The number of likely N-dealkylation sites (tertiary alicyclic amines) is 1. The van der Waals surface area contributed by atoms with Gasteiger partial charge in [0.1, 0.15) is 10.7 Å². The van der Waals surface area contributed by atoms with Gasteiger partial charge in [-0.05, 0) is 37.9 Å². The fraction of sp³-hybridized carbons (Fsp3) is 0.667. The molecule has 2 atom stereocenters. The van der Waals surface area contributed by atoms with Gasteiger partial charge in [-0.2, -0.15) is 4.31 Å². The van der Waals surface area contributed by atoms with E-state index in [1.54, 1.807) is 16.4 Å². The third-order valence-corrected chi connectivity index (χ3v) is 6.61. The number of hydrogen-bond donors (Lipinski definition) is 0. The highest BCUT2D eigenvalue weighted by atomic mass is 32.2. The Labute approximate surface area is 132 Å². The van der Waals surface area contributed by atoms with Crippen LogP contribution in [0.1, 0.15) is 12.8 Å². The second kappa shape index (κ2) is 5.79. The van der Waals surface area contributed by atoms with E-state index in [9.17, 15) is 8.42 Å². The number of nitrogens with zero attached hydrogens (tertiary/aromatic N) is 4. The number of anilines is 1. The molecule has 0 bridgehead atoms. The Hall–Kier alpha value is -1.18. The Bertz CT molecular complexity index is 629. The Morgan fingerprint density at radius 1 is 1.27 bits per heavy atom. The average Bonchev–Trinajstić information content (AvgIpc) is 2.87. The van der Waals surface area contributed by atoms with Crippen LogP contribution in [0.2, 0.25) is 0 Å². The summed E-state index contributed by atoms with van der Waals surface area (Å²) in [6.07, 6.45) is 3.54. The lowest BCUT2D eigenvalue weighted by Gasteiger charge is -2.35. The van der Waals surface area contributed by atoms with Crippen molar-refractivity contribution in [2.24, 2.45) is 5.92 Å². The van der Waals surface area contributed by atoms with E-state index in [1.165, 1.54) is 6.20 Å². The molecule has 7 heteroatoms. The van der Waals surface area contributed by atoms with Crippen LogP contribution in [0.5, 0.6) is 0 Å². The van der Waals surface area contributed by atoms with Crippen molar-refractivity contribution in [3.63, 3.8) is 0 Å². The zero-order chi connectivity index (χ0) is 15.9. The smallest absolute Gasteiger partial charge is 0.244 e. The summed E-state index contributed by atoms with van der Waals surface area (Å²) in [4.78, 5) is 8.64. The highest BCUT2D eigenvalue weighted by molar-refractivity contribution is 7.89. The molecule has 0 spiro atoms. The predicted molar refractivity (Wildman–Crippen MR) is 86.5 cm³/mol. The number of piperidine rings is 1. The molecule has 3 heterocycles. The Morgan fingerprint density at radius 2 is 2.05 bits per heavy atom. The number of hydrogen-bond acceptors (Lipinski definition) is 5. The van der Waals surface area contributed by atoms with Gasteiger partial charge in [-0.25, -0.2) is 13.4 Å². The van der Waals surface area contributed by atoms with E-state index in [0.717, 1.165) is 31.7 Å². The first-order valence-electron chi connectivity index (χ1n) is 7.73. The first kappa shape index (κ1) is 15.7. The zero-order valence-corrected chi connectivity index (χ0v) is 14.3. The molecule has 2 aliphatic rings. The van der Waals surface area contributed by atoms with Gasteiger partial charge in [-0.1, -0.05) is 0 Å². The lowest BCUT2D eigenvalue weighted by molar-refractivity contribution is 0.217. The monoisotopic (exact) mass is 324 g/mol. The van der Waals surface area contributed by atoms with Crippen molar-refractivity contribution in [3.8, 4) is 0 Å². The maximum absolute atomic E-state index is 13.0. The molecule has 0 unspecified atom stereocenters. The Morgan fingerprint density at radius 3 is 2.68 bits per heavy atom. The molecule has 122 valence electrons. The van der Waals surface area contributed by atoms with Gasteiger partial charge in [-0.3, -0.25) is 0 Å². The van der Waals surface area contributed by atoms with E-state index < -0.39 is 10.0 Å². The van der Waals surface area contributed by atoms with E-state index in [2.05, 4.69) is 16.9 Å². The molecule has 3 rings (SSSR count). The van der Waals surface area contributed by atoms with Gasteiger partial charge in [-0.15, -0.1) is 0 Å². The summed E-state index contributed by atoms with van der Waals surface area (Å²) in [6.45, 7) is 2.44. The van der Waals surface area contributed by atoms with Crippen molar-refractivity contribution in [2.75, 3.05) is 45.7 Å². The first-order chi connectivity index (χ1) is 10.4. The molecule has 6 nitrogen and oxygen atoms in total. The number of sulfonamides is 1. The first-order valence-corrected chi connectivity index (χ1v) is 9.17. The van der Waals surface area contributed by atoms with Crippen LogP contribution in [0.3, 0.4) is 0 Å². The van der Waals surface area contributed by atoms with Crippen molar-refractivity contribution in [1.29, 1.82) is 0 Å². The summed E-state index contributed by atoms with van der Waals surface area (Å²) in [6, 6.07) is 3.53. The molecule has 0 radical (unpaired) electrons. The van der Waals surface area contributed by atoms with Crippen molar-refractivity contribution >= 4 is 15.8 Å². The molecular formula is C15H24N4O2S. The molecule has 2 saturated heterocycles. The van der Waals surface area contributed by atoms with Crippen LogP contribution in [0.4, 0.5) is 5.82 Å². The van der Waals surface area contributed by atoms with E-state index in [-0.39, 0.29) is 6.04 Å². The number of pyridine rings is 1. The van der Waals surface area contributed by atoms with E-state index >= 15 is 0 Å². The Kier molecular flexibility index (Phi) is 4.13. The SMILES string of the molecule is CN1C[C@@H]2CCCN(S(=O)(=O)c3ccc(N(C)C)nc3)[C@@H]2C1.